The van der Waals surface area contributed by atoms with Crippen molar-refractivity contribution in [2.24, 2.45) is 0 Å². The van der Waals surface area contributed by atoms with Crippen molar-refractivity contribution in [2.75, 3.05) is 42.9 Å². The van der Waals surface area contributed by atoms with E-state index in [1.54, 1.807) is 24.3 Å². The largest absolute Gasteiger partial charge is 0.354 e. The van der Waals surface area contributed by atoms with E-state index in [1.807, 2.05) is 9.80 Å². The Labute approximate surface area is 182 Å². The van der Waals surface area contributed by atoms with Crippen LogP contribution in [0.2, 0.25) is 0 Å². The molecule has 1 N–H and O–H groups in total. The lowest BCUT2D eigenvalue weighted by atomic mass is 10.1. The van der Waals surface area contributed by atoms with E-state index in [9.17, 15) is 24.6 Å². The number of nitrogens with zero attached hydrogens (tertiary/aromatic N) is 5. The molecule has 0 radical (unpaired) electrons. The first-order chi connectivity index (χ1) is 15.4. The van der Waals surface area contributed by atoms with Crippen LogP contribution < -0.4 is 10.2 Å². The molecule has 4 rings (SSSR count). The number of anilines is 2. The minimum Gasteiger partial charge on any atom is -0.354 e. The molecule has 0 unspecified atom stereocenters. The summed E-state index contributed by atoms with van der Waals surface area (Å²) < 4.78 is 13.7. The Morgan fingerprint density at radius 3 is 2.62 bits per heavy atom. The molecule has 1 saturated heterocycles. The van der Waals surface area contributed by atoms with Gasteiger partial charge in [-0.1, -0.05) is 12.1 Å². The number of nitro groups is 1. The van der Waals surface area contributed by atoms with Gasteiger partial charge in [-0.2, -0.15) is 5.26 Å². The number of non-ortho nitro benzene ring substituents is 1. The van der Waals surface area contributed by atoms with Crippen molar-refractivity contribution in [1.82, 2.24) is 9.88 Å². The summed E-state index contributed by atoms with van der Waals surface area (Å²) in [7, 11) is 0. The van der Waals surface area contributed by atoms with Crippen LogP contribution in [-0.2, 0) is 4.79 Å². The standard InChI is InChI=1S/C22H19FN6O3/c23-18-3-1-2-4-20(18)26-22(30)14-27-7-9-28(10-8-27)21-11-15(13-24)17-12-16(29(31)32)5-6-19(17)25-21/h1-6,11-12H,7-10,14H2,(H,26,30). The third kappa shape index (κ3) is 4.48. The van der Waals surface area contributed by atoms with Gasteiger partial charge in [0.1, 0.15) is 11.6 Å². The lowest BCUT2D eigenvalue weighted by Crippen LogP contribution is -2.49. The Morgan fingerprint density at radius 2 is 1.94 bits per heavy atom. The number of aromatic nitrogens is 1. The quantitative estimate of drug-likeness (QED) is 0.485. The lowest BCUT2D eigenvalue weighted by Gasteiger charge is -2.35. The van der Waals surface area contributed by atoms with Crippen LogP contribution in [0, 0.1) is 27.3 Å². The van der Waals surface area contributed by atoms with E-state index in [-0.39, 0.29) is 23.8 Å². The molecule has 0 bridgehead atoms. The molecule has 1 aromatic heterocycles. The number of fused-ring (bicyclic) bond motifs is 1. The van der Waals surface area contributed by atoms with E-state index in [0.717, 1.165) is 0 Å². The molecule has 2 aromatic carbocycles. The molecule has 1 aliphatic heterocycles. The second-order valence-electron chi connectivity index (χ2n) is 7.39. The predicted molar refractivity (Wildman–Crippen MR) is 117 cm³/mol. The normalized spacial score (nSPS) is 14.2. The van der Waals surface area contributed by atoms with Crippen molar-refractivity contribution in [3.63, 3.8) is 0 Å². The highest BCUT2D eigenvalue weighted by atomic mass is 19.1. The molecule has 2 heterocycles. The number of carbonyl (C=O) groups excluding carboxylic acids is 1. The van der Waals surface area contributed by atoms with Gasteiger partial charge in [-0.25, -0.2) is 9.37 Å². The maximum absolute atomic E-state index is 13.7. The van der Waals surface area contributed by atoms with Crippen LogP contribution in [0.4, 0.5) is 21.6 Å². The summed E-state index contributed by atoms with van der Waals surface area (Å²) in [5.41, 5.74) is 0.892. The monoisotopic (exact) mass is 434 g/mol. The van der Waals surface area contributed by atoms with Gasteiger partial charge >= 0.3 is 0 Å². The average molecular weight is 434 g/mol. The molecule has 0 saturated carbocycles. The number of halogens is 1. The van der Waals surface area contributed by atoms with Gasteiger partial charge in [0.2, 0.25) is 5.91 Å². The van der Waals surface area contributed by atoms with Crippen molar-refractivity contribution in [1.29, 1.82) is 5.26 Å². The van der Waals surface area contributed by atoms with E-state index in [0.29, 0.717) is 48.5 Å². The van der Waals surface area contributed by atoms with Gasteiger partial charge in [0.15, 0.2) is 0 Å². The van der Waals surface area contributed by atoms with Crippen molar-refractivity contribution in [2.45, 2.75) is 0 Å². The number of amides is 1. The number of hydrogen-bond donors (Lipinski definition) is 1. The van der Waals surface area contributed by atoms with E-state index in [1.165, 1.54) is 24.3 Å². The zero-order chi connectivity index (χ0) is 22.7. The minimum absolute atomic E-state index is 0.0918. The summed E-state index contributed by atoms with van der Waals surface area (Å²) in [6, 6.07) is 14.0. The minimum atomic E-state index is -0.504. The molecule has 1 fully saturated rings. The number of pyridine rings is 1. The third-order valence-corrected chi connectivity index (χ3v) is 5.32. The molecular weight excluding hydrogens is 415 g/mol. The van der Waals surface area contributed by atoms with Gasteiger partial charge in [0.05, 0.1) is 34.3 Å². The van der Waals surface area contributed by atoms with Crippen molar-refractivity contribution < 1.29 is 14.1 Å². The van der Waals surface area contributed by atoms with Gasteiger partial charge in [-0.3, -0.25) is 19.8 Å². The van der Waals surface area contributed by atoms with Gasteiger partial charge in [0, 0.05) is 43.7 Å². The highest BCUT2D eigenvalue weighted by molar-refractivity contribution is 5.92. The summed E-state index contributed by atoms with van der Waals surface area (Å²) >= 11 is 0. The van der Waals surface area contributed by atoms with E-state index in [4.69, 9.17) is 0 Å². The molecule has 0 aliphatic carbocycles. The Morgan fingerprint density at radius 1 is 1.19 bits per heavy atom. The molecule has 1 aliphatic rings. The molecule has 10 heteroatoms. The van der Waals surface area contributed by atoms with Crippen LogP contribution >= 0.6 is 0 Å². The highest BCUT2D eigenvalue weighted by Crippen LogP contribution is 2.27. The number of nitro benzene ring substituents is 1. The zero-order valence-corrected chi connectivity index (χ0v) is 17.0. The fourth-order valence-corrected chi connectivity index (χ4v) is 3.66. The van der Waals surface area contributed by atoms with Crippen LogP contribution in [0.1, 0.15) is 5.56 Å². The molecule has 162 valence electrons. The first kappa shape index (κ1) is 21.1. The van der Waals surface area contributed by atoms with Crippen molar-refractivity contribution in [3.8, 4) is 6.07 Å². The van der Waals surface area contributed by atoms with Gasteiger partial charge in [0.25, 0.3) is 5.69 Å². The van der Waals surface area contributed by atoms with Crippen LogP contribution in [0.5, 0.6) is 0 Å². The fraction of sp³-hybridized carbons (Fsp3) is 0.227. The molecule has 3 aromatic rings. The number of piperazine rings is 1. The number of benzene rings is 2. The maximum atomic E-state index is 13.7. The second-order valence-corrected chi connectivity index (χ2v) is 7.39. The van der Waals surface area contributed by atoms with E-state index < -0.39 is 10.7 Å². The second kappa shape index (κ2) is 8.95. The number of nitrogens with one attached hydrogen (secondary N) is 1. The summed E-state index contributed by atoms with van der Waals surface area (Å²) in [4.78, 5) is 31.3. The molecule has 32 heavy (non-hydrogen) atoms. The molecule has 0 atom stereocenters. The zero-order valence-electron chi connectivity index (χ0n) is 17.0. The number of nitriles is 1. The molecule has 9 nitrogen and oxygen atoms in total. The Balaban J connectivity index is 1.42. The van der Waals surface area contributed by atoms with Crippen LogP contribution in [-0.4, -0.2) is 53.4 Å². The topological polar surface area (TPSA) is 115 Å². The average Bonchev–Trinajstić information content (AvgIpc) is 2.80. The van der Waals surface area contributed by atoms with Crippen LogP contribution in [0.15, 0.2) is 48.5 Å². The smallest absolute Gasteiger partial charge is 0.270 e. The number of rotatable bonds is 5. The summed E-state index contributed by atoms with van der Waals surface area (Å²) in [5, 5.41) is 23.6. The lowest BCUT2D eigenvalue weighted by molar-refractivity contribution is -0.384. The van der Waals surface area contributed by atoms with Gasteiger partial charge < -0.3 is 10.2 Å². The first-order valence-electron chi connectivity index (χ1n) is 9.95. The van der Waals surface area contributed by atoms with E-state index >= 15 is 0 Å². The van der Waals surface area contributed by atoms with Crippen LogP contribution in [0.3, 0.4) is 0 Å². The van der Waals surface area contributed by atoms with Crippen molar-refractivity contribution in [3.05, 3.63) is 70.0 Å². The Bertz CT molecular complexity index is 1230. The number of carbonyl (C=O) groups is 1. The summed E-state index contributed by atoms with van der Waals surface area (Å²) in [6.45, 7) is 2.49. The fourth-order valence-electron chi connectivity index (χ4n) is 3.66. The van der Waals surface area contributed by atoms with Gasteiger partial charge in [-0.05, 0) is 24.3 Å². The molecule has 1 amide bonds. The molecule has 0 spiro atoms. The number of hydrogen-bond acceptors (Lipinski definition) is 7. The Hall–Kier alpha value is -4.10. The predicted octanol–water partition coefficient (Wildman–Crippen LogP) is 2.91. The third-order valence-electron chi connectivity index (χ3n) is 5.32. The summed E-state index contributed by atoms with van der Waals surface area (Å²) in [5.74, 6) is -0.161. The van der Waals surface area contributed by atoms with Crippen LogP contribution in [0.25, 0.3) is 10.9 Å². The Kier molecular flexibility index (Phi) is 5.91. The SMILES string of the molecule is N#Cc1cc(N2CCN(CC(=O)Nc3ccccc3F)CC2)nc2ccc([N+](=O)[O-])cc12. The van der Waals surface area contributed by atoms with Gasteiger partial charge in [-0.15, -0.1) is 0 Å². The van der Waals surface area contributed by atoms with E-state index in [2.05, 4.69) is 16.4 Å². The maximum Gasteiger partial charge on any atom is 0.270 e. The highest BCUT2D eigenvalue weighted by Gasteiger charge is 2.22. The number of para-hydroxylation sites is 1. The first-order valence-corrected chi connectivity index (χ1v) is 9.95. The molecular formula is C22H19FN6O3. The van der Waals surface area contributed by atoms with Crippen molar-refractivity contribution >= 4 is 34.0 Å². The summed E-state index contributed by atoms with van der Waals surface area (Å²) in [6.07, 6.45) is 0.